The van der Waals surface area contributed by atoms with Crippen LogP contribution in [0.3, 0.4) is 0 Å². The molecular weight excluding hydrogens is 311 g/mol. The summed E-state index contributed by atoms with van der Waals surface area (Å²) in [6, 6.07) is 8.22. The van der Waals surface area contributed by atoms with Crippen LogP contribution in [0, 0.1) is 0 Å². The van der Waals surface area contributed by atoms with Gasteiger partial charge in [0.05, 0.1) is 17.9 Å². The maximum atomic E-state index is 12.1. The number of hydrogen-bond acceptors (Lipinski definition) is 5. The second-order valence-corrected chi connectivity index (χ2v) is 5.52. The van der Waals surface area contributed by atoms with Crippen LogP contribution in [0.2, 0.25) is 0 Å². The molecule has 1 aromatic carbocycles. The van der Waals surface area contributed by atoms with Crippen LogP contribution in [0.4, 0.5) is 0 Å². The number of amides is 1. The van der Waals surface area contributed by atoms with E-state index >= 15 is 0 Å². The standard InChI is InChI=1S/C16H15BN2O5/c20-14(8-10-4-6-18-7-5-10)19-13-9-11-2-1-3-12(16(21)22)15(11)24-17(13)23/h1-7,13,23H,8-9H2,(H,19,20)(H,21,22). The zero-order chi connectivity index (χ0) is 17.1. The lowest BCUT2D eigenvalue weighted by Gasteiger charge is -2.28. The number of carbonyl (C=O) groups is 2. The zero-order valence-corrected chi connectivity index (χ0v) is 12.7. The van der Waals surface area contributed by atoms with Gasteiger partial charge in [0.2, 0.25) is 5.91 Å². The molecule has 0 saturated heterocycles. The molecule has 1 atom stereocenters. The highest BCUT2D eigenvalue weighted by molar-refractivity contribution is 6.47. The topological polar surface area (TPSA) is 109 Å². The van der Waals surface area contributed by atoms with Gasteiger partial charge in [-0.1, -0.05) is 12.1 Å². The Balaban J connectivity index is 1.71. The Hall–Kier alpha value is -2.87. The average molecular weight is 326 g/mol. The van der Waals surface area contributed by atoms with Gasteiger partial charge in [0, 0.05) is 12.4 Å². The smallest absolute Gasteiger partial charge is 0.534 e. The van der Waals surface area contributed by atoms with Crippen molar-refractivity contribution in [2.24, 2.45) is 0 Å². The van der Waals surface area contributed by atoms with E-state index in [-0.39, 0.29) is 23.6 Å². The van der Waals surface area contributed by atoms with Gasteiger partial charge >= 0.3 is 13.1 Å². The predicted octanol–water partition coefficient (Wildman–Crippen LogP) is 0.462. The first-order valence-electron chi connectivity index (χ1n) is 7.43. The number of aromatic carboxylic acids is 1. The Labute approximate surface area is 138 Å². The van der Waals surface area contributed by atoms with Gasteiger partial charge in [0.25, 0.3) is 0 Å². The van der Waals surface area contributed by atoms with Crippen LogP contribution in [0.15, 0.2) is 42.7 Å². The van der Waals surface area contributed by atoms with Crippen molar-refractivity contribution in [2.75, 3.05) is 0 Å². The molecule has 0 fully saturated rings. The Morgan fingerprint density at radius 1 is 1.29 bits per heavy atom. The molecular formula is C16H15BN2O5. The number of carboxylic acids is 1. The number of nitrogens with zero attached hydrogens (tertiary/aromatic N) is 1. The molecule has 1 aromatic heterocycles. The minimum Gasteiger partial charge on any atom is -0.534 e. The van der Waals surface area contributed by atoms with E-state index < -0.39 is 19.0 Å². The minimum absolute atomic E-state index is 0.00638. The first-order chi connectivity index (χ1) is 11.5. The molecule has 2 heterocycles. The molecule has 0 bridgehead atoms. The molecule has 1 amide bonds. The number of aromatic nitrogens is 1. The fourth-order valence-corrected chi connectivity index (χ4v) is 2.66. The summed E-state index contributed by atoms with van der Waals surface area (Å²) in [4.78, 5) is 27.2. The summed E-state index contributed by atoms with van der Waals surface area (Å²) in [5.41, 5.74) is 1.44. The van der Waals surface area contributed by atoms with Crippen molar-refractivity contribution in [1.82, 2.24) is 10.3 Å². The largest absolute Gasteiger partial charge is 0.547 e. The number of benzene rings is 1. The maximum Gasteiger partial charge on any atom is 0.547 e. The first-order valence-corrected chi connectivity index (χ1v) is 7.43. The van der Waals surface area contributed by atoms with Crippen molar-refractivity contribution in [1.29, 1.82) is 0 Å². The van der Waals surface area contributed by atoms with Crippen LogP contribution in [0.1, 0.15) is 21.5 Å². The highest BCUT2D eigenvalue weighted by Gasteiger charge is 2.37. The Bertz CT molecular complexity index is 768. The quantitative estimate of drug-likeness (QED) is 0.705. The third-order valence-corrected chi connectivity index (χ3v) is 3.81. The van der Waals surface area contributed by atoms with E-state index in [1.54, 1.807) is 36.7 Å². The number of rotatable bonds is 4. The fraction of sp³-hybridized carbons (Fsp3) is 0.188. The third kappa shape index (κ3) is 3.38. The molecule has 24 heavy (non-hydrogen) atoms. The Morgan fingerprint density at radius 3 is 2.75 bits per heavy atom. The van der Waals surface area contributed by atoms with Crippen LogP contribution in [-0.4, -0.2) is 40.1 Å². The van der Waals surface area contributed by atoms with Crippen LogP contribution < -0.4 is 9.97 Å². The maximum absolute atomic E-state index is 12.1. The van der Waals surface area contributed by atoms with E-state index in [9.17, 15) is 14.6 Å². The molecule has 1 unspecified atom stereocenters. The molecule has 1 aliphatic rings. The fourth-order valence-electron chi connectivity index (χ4n) is 2.66. The number of pyridine rings is 1. The number of fused-ring (bicyclic) bond motifs is 1. The lowest BCUT2D eigenvalue weighted by Crippen LogP contribution is -2.53. The number of nitrogens with one attached hydrogen (secondary N) is 1. The highest BCUT2D eigenvalue weighted by atomic mass is 16.5. The van der Waals surface area contributed by atoms with E-state index in [2.05, 4.69) is 10.3 Å². The second kappa shape index (κ2) is 6.71. The summed E-state index contributed by atoms with van der Waals surface area (Å²) in [6.07, 6.45) is 3.66. The van der Waals surface area contributed by atoms with E-state index in [1.807, 2.05) is 0 Å². The van der Waals surface area contributed by atoms with E-state index in [0.29, 0.717) is 12.0 Å². The average Bonchev–Trinajstić information content (AvgIpc) is 2.55. The summed E-state index contributed by atoms with van der Waals surface area (Å²) in [7, 11) is -1.31. The van der Waals surface area contributed by atoms with E-state index in [1.165, 1.54) is 6.07 Å². The van der Waals surface area contributed by atoms with Crippen molar-refractivity contribution >= 4 is 19.0 Å². The molecule has 0 aliphatic carbocycles. The lowest BCUT2D eigenvalue weighted by atomic mass is 9.72. The molecule has 0 radical (unpaired) electrons. The molecule has 1 aliphatic heterocycles. The van der Waals surface area contributed by atoms with Gasteiger partial charge in [-0.25, -0.2) is 4.79 Å². The predicted molar refractivity (Wildman–Crippen MR) is 85.6 cm³/mol. The lowest BCUT2D eigenvalue weighted by molar-refractivity contribution is -0.120. The van der Waals surface area contributed by atoms with Crippen molar-refractivity contribution in [2.45, 2.75) is 18.8 Å². The van der Waals surface area contributed by atoms with Crippen molar-refractivity contribution in [3.63, 3.8) is 0 Å². The minimum atomic E-state index is -1.31. The summed E-state index contributed by atoms with van der Waals surface area (Å²) >= 11 is 0. The van der Waals surface area contributed by atoms with E-state index in [4.69, 9.17) is 9.76 Å². The summed E-state index contributed by atoms with van der Waals surface area (Å²) in [5.74, 6) is -1.88. The van der Waals surface area contributed by atoms with Crippen LogP contribution in [0.25, 0.3) is 0 Å². The van der Waals surface area contributed by atoms with Crippen molar-refractivity contribution < 1.29 is 24.4 Å². The molecule has 3 rings (SSSR count). The van der Waals surface area contributed by atoms with Gasteiger partial charge < -0.3 is 20.1 Å². The molecule has 7 nitrogen and oxygen atoms in total. The Kier molecular flexibility index (Phi) is 4.48. The van der Waals surface area contributed by atoms with Crippen LogP contribution in [-0.2, 0) is 17.6 Å². The molecule has 2 aromatic rings. The normalized spacial score (nSPS) is 16.0. The molecule has 0 spiro atoms. The first kappa shape index (κ1) is 16.0. The second-order valence-electron chi connectivity index (χ2n) is 5.52. The van der Waals surface area contributed by atoms with Gasteiger partial charge in [-0.3, -0.25) is 9.78 Å². The zero-order valence-electron chi connectivity index (χ0n) is 12.7. The third-order valence-electron chi connectivity index (χ3n) is 3.81. The van der Waals surface area contributed by atoms with E-state index in [0.717, 1.165) is 5.56 Å². The van der Waals surface area contributed by atoms with Gasteiger partial charge in [0.1, 0.15) is 5.75 Å². The number of carboxylic acid groups (broad SMARTS) is 1. The monoisotopic (exact) mass is 326 g/mol. The molecule has 3 N–H and O–H groups in total. The summed E-state index contributed by atoms with van der Waals surface area (Å²) < 4.78 is 5.34. The highest BCUT2D eigenvalue weighted by Crippen LogP contribution is 2.30. The van der Waals surface area contributed by atoms with Crippen molar-refractivity contribution in [3.05, 3.63) is 59.4 Å². The van der Waals surface area contributed by atoms with Crippen molar-refractivity contribution in [3.8, 4) is 5.75 Å². The number of para-hydroxylation sites is 1. The van der Waals surface area contributed by atoms with Gasteiger partial charge in [0.15, 0.2) is 0 Å². The Morgan fingerprint density at radius 2 is 2.04 bits per heavy atom. The van der Waals surface area contributed by atoms with Gasteiger partial charge in [-0.05, 0) is 35.7 Å². The molecule has 0 saturated carbocycles. The summed E-state index contributed by atoms with van der Waals surface area (Å²) in [5, 5.41) is 22.0. The van der Waals surface area contributed by atoms with Gasteiger partial charge in [-0.15, -0.1) is 0 Å². The number of carbonyl (C=O) groups excluding carboxylic acids is 1. The molecule has 122 valence electrons. The van der Waals surface area contributed by atoms with Crippen LogP contribution in [0.5, 0.6) is 5.75 Å². The SMILES string of the molecule is O=C(Cc1ccncc1)NC1Cc2cccc(C(=O)O)c2OB1O. The number of hydrogen-bond donors (Lipinski definition) is 3. The van der Waals surface area contributed by atoms with Gasteiger partial charge in [-0.2, -0.15) is 0 Å². The molecule has 8 heteroatoms. The summed E-state index contributed by atoms with van der Waals surface area (Å²) in [6.45, 7) is 0. The van der Waals surface area contributed by atoms with Crippen LogP contribution >= 0.6 is 0 Å².